The van der Waals surface area contributed by atoms with Crippen LogP contribution in [0.2, 0.25) is 0 Å². The van der Waals surface area contributed by atoms with Crippen LogP contribution in [0.3, 0.4) is 0 Å². The van der Waals surface area contributed by atoms with E-state index in [-0.39, 0.29) is 24.3 Å². The Hall–Kier alpha value is -1.23. The maximum absolute atomic E-state index is 12.8. The summed E-state index contributed by atoms with van der Waals surface area (Å²) in [6, 6.07) is 5.39. The smallest absolute Gasteiger partial charge is 0.421 e. The second-order valence-electron chi connectivity index (χ2n) is 3.44. The van der Waals surface area contributed by atoms with E-state index in [0.29, 0.717) is 0 Å². The molecule has 0 saturated carbocycles. The van der Waals surface area contributed by atoms with Gasteiger partial charge in [0.05, 0.1) is 6.61 Å². The molecular weight excluding hydrogens is 209 g/mol. The first-order chi connectivity index (χ1) is 6.97. The van der Waals surface area contributed by atoms with Gasteiger partial charge in [-0.05, 0) is 6.07 Å². The predicted molar refractivity (Wildman–Crippen MR) is 46.4 cm³/mol. The molecule has 1 saturated heterocycles. The highest BCUT2D eigenvalue weighted by atomic mass is 19.4. The van der Waals surface area contributed by atoms with Crippen molar-refractivity contribution in [3.05, 3.63) is 29.8 Å². The number of para-hydroxylation sites is 1. The highest BCUT2D eigenvalue weighted by molar-refractivity contribution is 5.39. The Morgan fingerprint density at radius 2 is 1.87 bits per heavy atom. The summed E-state index contributed by atoms with van der Waals surface area (Å²) in [7, 11) is 0. The molecule has 1 aliphatic heterocycles. The van der Waals surface area contributed by atoms with Crippen LogP contribution in [-0.2, 0) is 10.3 Å². The number of aromatic hydroxyl groups is 1. The zero-order valence-electron chi connectivity index (χ0n) is 7.71. The van der Waals surface area contributed by atoms with Gasteiger partial charge in [-0.1, -0.05) is 18.2 Å². The van der Waals surface area contributed by atoms with Crippen molar-refractivity contribution in [3.8, 4) is 5.75 Å². The van der Waals surface area contributed by atoms with Crippen molar-refractivity contribution in [2.45, 2.75) is 18.2 Å². The van der Waals surface area contributed by atoms with Gasteiger partial charge < -0.3 is 9.84 Å². The van der Waals surface area contributed by atoms with Gasteiger partial charge >= 0.3 is 6.18 Å². The Labute approximate surface area is 84.3 Å². The average Bonchev–Trinajstić information content (AvgIpc) is 2.03. The van der Waals surface area contributed by atoms with Gasteiger partial charge in [-0.2, -0.15) is 13.2 Å². The van der Waals surface area contributed by atoms with Crippen LogP contribution in [-0.4, -0.2) is 17.9 Å². The molecule has 82 valence electrons. The fourth-order valence-corrected chi connectivity index (χ4v) is 1.71. The molecule has 1 aromatic carbocycles. The number of ether oxygens (including phenoxy) is 1. The van der Waals surface area contributed by atoms with Crippen LogP contribution in [0.4, 0.5) is 13.2 Å². The minimum Gasteiger partial charge on any atom is -0.508 e. The first-order valence-electron chi connectivity index (χ1n) is 4.46. The third-order valence-electron chi connectivity index (χ3n) is 2.60. The van der Waals surface area contributed by atoms with Gasteiger partial charge in [-0.15, -0.1) is 0 Å². The highest BCUT2D eigenvalue weighted by Gasteiger charge is 2.62. The minimum absolute atomic E-state index is 0.0633. The van der Waals surface area contributed by atoms with Gasteiger partial charge in [-0.3, -0.25) is 0 Å². The number of hydrogen-bond acceptors (Lipinski definition) is 2. The van der Waals surface area contributed by atoms with E-state index in [1.54, 1.807) is 0 Å². The second-order valence-corrected chi connectivity index (χ2v) is 3.44. The van der Waals surface area contributed by atoms with E-state index in [2.05, 4.69) is 4.74 Å². The molecule has 2 nitrogen and oxygen atoms in total. The molecule has 1 atom stereocenters. The molecule has 1 aliphatic rings. The van der Waals surface area contributed by atoms with Crippen molar-refractivity contribution in [2.24, 2.45) is 0 Å². The SMILES string of the molecule is Oc1ccccc1[C@]1(C(F)(F)F)CCO1. The number of phenols is 1. The first kappa shape index (κ1) is 10.3. The third-order valence-corrected chi connectivity index (χ3v) is 2.60. The summed E-state index contributed by atoms with van der Waals surface area (Å²) in [5, 5.41) is 9.39. The van der Waals surface area contributed by atoms with Crippen LogP contribution in [0.25, 0.3) is 0 Å². The summed E-state index contributed by atoms with van der Waals surface area (Å²) in [4.78, 5) is 0. The topological polar surface area (TPSA) is 29.5 Å². The molecule has 1 fully saturated rings. The molecule has 5 heteroatoms. The zero-order chi connectivity index (χ0) is 11.1. The molecule has 0 amide bonds. The summed E-state index contributed by atoms with van der Waals surface area (Å²) in [6.45, 7) is 0.0633. The average molecular weight is 218 g/mol. The summed E-state index contributed by atoms with van der Waals surface area (Å²) in [5.41, 5.74) is -2.51. The molecule has 1 N–H and O–H groups in total. The summed E-state index contributed by atoms with van der Waals surface area (Å²) in [6.07, 6.45) is -4.64. The van der Waals surface area contributed by atoms with Crippen LogP contribution >= 0.6 is 0 Å². The number of alkyl halides is 3. The molecule has 1 aromatic rings. The third kappa shape index (κ3) is 1.38. The lowest BCUT2D eigenvalue weighted by Crippen LogP contribution is -2.52. The molecule has 2 rings (SSSR count). The summed E-state index contributed by atoms with van der Waals surface area (Å²) >= 11 is 0. The Morgan fingerprint density at radius 1 is 1.27 bits per heavy atom. The van der Waals surface area contributed by atoms with Gasteiger partial charge in [0.15, 0.2) is 5.60 Å². The molecule has 15 heavy (non-hydrogen) atoms. The van der Waals surface area contributed by atoms with Crippen LogP contribution < -0.4 is 0 Å². The van der Waals surface area contributed by atoms with Crippen LogP contribution in [0.15, 0.2) is 24.3 Å². The number of rotatable bonds is 1. The molecule has 0 unspecified atom stereocenters. The van der Waals surface area contributed by atoms with E-state index in [1.807, 2.05) is 0 Å². The fraction of sp³-hybridized carbons (Fsp3) is 0.400. The van der Waals surface area contributed by atoms with Crippen molar-refractivity contribution in [3.63, 3.8) is 0 Å². The molecule has 1 heterocycles. The van der Waals surface area contributed by atoms with Gasteiger partial charge in [0.2, 0.25) is 0 Å². The van der Waals surface area contributed by atoms with Crippen LogP contribution in [0, 0.1) is 0 Å². The number of halogens is 3. The van der Waals surface area contributed by atoms with Crippen molar-refractivity contribution >= 4 is 0 Å². The largest absolute Gasteiger partial charge is 0.508 e. The zero-order valence-corrected chi connectivity index (χ0v) is 7.71. The number of phenolic OH excluding ortho intramolecular Hbond substituents is 1. The van der Waals surface area contributed by atoms with Gasteiger partial charge in [-0.25, -0.2) is 0 Å². The minimum atomic E-state index is -4.50. The lowest BCUT2D eigenvalue weighted by molar-refractivity contribution is -0.333. The standard InChI is InChI=1S/C10H9F3O2/c11-10(12,13)9(5-6-15-9)7-3-1-2-4-8(7)14/h1-4,14H,5-6H2/t9-/m0/s1. The normalized spacial score (nSPS) is 26.1. The lowest BCUT2D eigenvalue weighted by atomic mass is 9.85. The van der Waals surface area contributed by atoms with E-state index in [0.717, 1.165) is 0 Å². The molecular formula is C10H9F3O2. The second kappa shape index (κ2) is 3.13. The van der Waals surface area contributed by atoms with Gasteiger partial charge in [0, 0.05) is 12.0 Å². The summed E-state index contributed by atoms with van der Waals surface area (Å²) in [5.74, 6) is -0.380. The number of benzene rings is 1. The van der Waals surface area contributed by atoms with Crippen molar-refractivity contribution in [2.75, 3.05) is 6.61 Å². The fourth-order valence-electron chi connectivity index (χ4n) is 1.71. The van der Waals surface area contributed by atoms with Crippen molar-refractivity contribution in [1.82, 2.24) is 0 Å². The molecule has 0 radical (unpaired) electrons. The van der Waals surface area contributed by atoms with Crippen molar-refractivity contribution in [1.29, 1.82) is 0 Å². The molecule has 0 aliphatic carbocycles. The summed E-state index contributed by atoms with van der Waals surface area (Å²) < 4.78 is 43.0. The molecule has 0 spiro atoms. The van der Waals surface area contributed by atoms with Crippen molar-refractivity contribution < 1.29 is 23.0 Å². The Bertz CT molecular complexity index is 369. The van der Waals surface area contributed by atoms with Gasteiger partial charge in [0.1, 0.15) is 5.75 Å². The molecule has 0 bridgehead atoms. The highest BCUT2D eigenvalue weighted by Crippen LogP contribution is 2.52. The lowest BCUT2D eigenvalue weighted by Gasteiger charge is -2.43. The molecule has 0 aromatic heterocycles. The van der Waals surface area contributed by atoms with Crippen LogP contribution in [0.5, 0.6) is 5.75 Å². The Balaban J connectivity index is 2.48. The Kier molecular flexibility index (Phi) is 2.15. The first-order valence-corrected chi connectivity index (χ1v) is 4.46. The van der Waals surface area contributed by atoms with E-state index >= 15 is 0 Å². The quantitative estimate of drug-likeness (QED) is 0.784. The van der Waals surface area contributed by atoms with Gasteiger partial charge in [0.25, 0.3) is 0 Å². The monoisotopic (exact) mass is 218 g/mol. The van der Waals surface area contributed by atoms with E-state index in [1.165, 1.54) is 24.3 Å². The van der Waals surface area contributed by atoms with E-state index < -0.39 is 11.8 Å². The maximum atomic E-state index is 12.8. The van der Waals surface area contributed by atoms with Crippen LogP contribution in [0.1, 0.15) is 12.0 Å². The maximum Gasteiger partial charge on any atom is 0.421 e. The van der Waals surface area contributed by atoms with E-state index in [9.17, 15) is 18.3 Å². The Morgan fingerprint density at radius 3 is 2.27 bits per heavy atom. The number of hydrogen-bond donors (Lipinski definition) is 1. The predicted octanol–water partition coefficient (Wildman–Crippen LogP) is 2.57. The van der Waals surface area contributed by atoms with E-state index in [4.69, 9.17) is 0 Å².